The molecule has 4 heteroatoms. The Kier molecular flexibility index (Phi) is 6.56. The largest absolute Gasteiger partial charge is 0.368 e. The van der Waals surface area contributed by atoms with E-state index >= 15 is 0 Å². The summed E-state index contributed by atoms with van der Waals surface area (Å²) in [5.74, 6) is -0.679. The molecule has 2 aromatic carbocycles. The maximum absolute atomic E-state index is 12.2. The van der Waals surface area contributed by atoms with Crippen LogP contribution in [0.4, 0.5) is 0 Å². The second-order valence-electron chi connectivity index (χ2n) is 7.66. The van der Waals surface area contributed by atoms with Gasteiger partial charge in [0.25, 0.3) is 0 Å². The van der Waals surface area contributed by atoms with Crippen LogP contribution in [0, 0.1) is 0 Å². The van der Waals surface area contributed by atoms with Crippen molar-refractivity contribution in [3.05, 3.63) is 71.3 Å². The van der Waals surface area contributed by atoms with Crippen molar-refractivity contribution in [2.75, 3.05) is 0 Å². The third-order valence-electron chi connectivity index (χ3n) is 4.42. The molecule has 4 nitrogen and oxygen atoms in total. The standard InChI is InChI=1S/C22H28N2O2/c1-22(2,3)18-12-9-16(10-13-18)11-14-20(25)24-19(21(23)26)15-17-7-5-4-6-8-17/h4-10,12-13,19H,11,14-15H2,1-3H3,(H2,23,26)(H,24,25). The highest BCUT2D eigenvalue weighted by atomic mass is 16.2. The van der Waals surface area contributed by atoms with Crippen molar-refractivity contribution in [3.8, 4) is 0 Å². The Bertz CT molecular complexity index is 731. The van der Waals surface area contributed by atoms with Crippen molar-refractivity contribution < 1.29 is 9.59 Å². The predicted octanol–water partition coefficient (Wildman–Crippen LogP) is 3.13. The van der Waals surface area contributed by atoms with Crippen LogP contribution >= 0.6 is 0 Å². The Morgan fingerprint density at radius 2 is 1.58 bits per heavy atom. The molecule has 0 aliphatic heterocycles. The number of primary amides is 1. The quantitative estimate of drug-likeness (QED) is 0.803. The number of hydrogen-bond acceptors (Lipinski definition) is 2. The molecule has 0 aliphatic carbocycles. The number of hydrogen-bond donors (Lipinski definition) is 2. The molecule has 0 heterocycles. The molecule has 0 radical (unpaired) electrons. The molecule has 3 N–H and O–H groups in total. The average molecular weight is 352 g/mol. The Morgan fingerprint density at radius 1 is 0.962 bits per heavy atom. The lowest BCUT2D eigenvalue weighted by Gasteiger charge is -2.19. The normalized spacial score (nSPS) is 12.4. The summed E-state index contributed by atoms with van der Waals surface area (Å²) >= 11 is 0. The number of aryl methyl sites for hydroxylation is 1. The molecule has 2 aromatic rings. The number of nitrogens with two attached hydrogens (primary N) is 1. The second-order valence-corrected chi connectivity index (χ2v) is 7.66. The Balaban J connectivity index is 1.89. The van der Waals surface area contributed by atoms with E-state index in [4.69, 9.17) is 5.73 Å². The number of rotatable bonds is 7. The highest BCUT2D eigenvalue weighted by molar-refractivity contribution is 5.86. The minimum absolute atomic E-state index is 0.113. The van der Waals surface area contributed by atoms with E-state index in [1.807, 2.05) is 30.3 Å². The summed E-state index contributed by atoms with van der Waals surface area (Å²) in [7, 11) is 0. The molecule has 0 spiro atoms. The third kappa shape index (κ3) is 6.03. The lowest BCUT2D eigenvalue weighted by atomic mass is 9.86. The smallest absolute Gasteiger partial charge is 0.240 e. The van der Waals surface area contributed by atoms with Crippen molar-refractivity contribution in [1.29, 1.82) is 0 Å². The van der Waals surface area contributed by atoms with Crippen LogP contribution in [0.15, 0.2) is 54.6 Å². The molecule has 0 fully saturated rings. The maximum Gasteiger partial charge on any atom is 0.240 e. The first kappa shape index (κ1) is 19.7. The highest BCUT2D eigenvalue weighted by Crippen LogP contribution is 2.22. The van der Waals surface area contributed by atoms with Crippen LogP contribution < -0.4 is 11.1 Å². The fourth-order valence-corrected chi connectivity index (χ4v) is 2.77. The van der Waals surface area contributed by atoms with Crippen molar-refractivity contribution in [1.82, 2.24) is 5.32 Å². The fourth-order valence-electron chi connectivity index (χ4n) is 2.77. The topological polar surface area (TPSA) is 72.2 Å². The van der Waals surface area contributed by atoms with E-state index in [-0.39, 0.29) is 11.3 Å². The summed E-state index contributed by atoms with van der Waals surface area (Å²) in [5, 5.41) is 2.76. The van der Waals surface area contributed by atoms with Gasteiger partial charge in [-0.1, -0.05) is 75.4 Å². The average Bonchev–Trinajstić information content (AvgIpc) is 2.60. The van der Waals surface area contributed by atoms with Gasteiger partial charge in [0.15, 0.2) is 0 Å². The van der Waals surface area contributed by atoms with Gasteiger partial charge in [-0.25, -0.2) is 0 Å². The summed E-state index contributed by atoms with van der Waals surface area (Å²) in [6.45, 7) is 6.52. The molecule has 0 saturated heterocycles. The predicted molar refractivity (Wildman–Crippen MR) is 105 cm³/mol. The van der Waals surface area contributed by atoms with Gasteiger partial charge in [0, 0.05) is 12.8 Å². The van der Waals surface area contributed by atoms with E-state index in [0.29, 0.717) is 19.3 Å². The number of carbonyl (C=O) groups is 2. The zero-order chi connectivity index (χ0) is 19.2. The molecule has 0 aliphatic rings. The molecule has 0 aromatic heterocycles. The van der Waals surface area contributed by atoms with Gasteiger partial charge in [-0.2, -0.15) is 0 Å². The SMILES string of the molecule is CC(C)(C)c1ccc(CCC(=O)NC(Cc2ccccc2)C(N)=O)cc1. The van der Waals surface area contributed by atoms with E-state index in [1.54, 1.807) is 0 Å². The molecule has 2 rings (SSSR count). The summed E-state index contributed by atoms with van der Waals surface area (Å²) in [6.07, 6.45) is 1.36. The molecule has 0 bridgehead atoms. The maximum atomic E-state index is 12.2. The molecule has 2 amide bonds. The molecule has 138 valence electrons. The van der Waals surface area contributed by atoms with Crippen LogP contribution in [-0.4, -0.2) is 17.9 Å². The number of carbonyl (C=O) groups excluding carboxylic acids is 2. The number of amides is 2. The summed E-state index contributed by atoms with van der Waals surface area (Å²) in [5.41, 5.74) is 8.89. The van der Waals surface area contributed by atoms with Crippen LogP contribution in [0.25, 0.3) is 0 Å². The van der Waals surface area contributed by atoms with E-state index < -0.39 is 11.9 Å². The van der Waals surface area contributed by atoms with E-state index in [0.717, 1.165) is 11.1 Å². The summed E-state index contributed by atoms with van der Waals surface area (Å²) in [6, 6.07) is 17.2. The summed E-state index contributed by atoms with van der Waals surface area (Å²) < 4.78 is 0. The van der Waals surface area contributed by atoms with E-state index in [1.165, 1.54) is 5.56 Å². The van der Waals surface area contributed by atoms with Crippen LogP contribution in [0.5, 0.6) is 0 Å². The molecule has 26 heavy (non-hydrogen) atoms. The van der Waals surface area contributed by atoms with Gasteiger partial charge in [-0.15, -0.1) is 0 Å². The lowest BCUT2D eigenvalue weighted by molar-refractivity contribution is -0.127. The third-order valence-corrected chi connectivity index (χ3v) is 4.42. The monoisotopic (exact) mass is 352 g/mol. The van der Waals surface area contributed by atoms with Crippen LogP contribution in [0.3, 0.4) is 0 Å². The number of nitrogens with one attached hydrogen (secondary N) is 1. The van der Waals surface area contributed by atoms with Gasteiger partial charge in [-0.3, -0.25) is 9.59 Å². The van der Waals surface area contributed by atoms with Crippen LogP contribution in [-0.2, 0) is 27.8 Å². The van der Waals surface area contributed by atoms with Crippen LogP contribution in [0.2, 0.25) is 0 Å². The zero-order valence-electron chi connectivity index (χ0n) is 15.8. The van der Waals surface area contributed by atoms with Crippen molar-refractivity contribution in [2.24, 2.45) is 5.73 Å². The van der Waals surface area contributed by atoms with Crippen molar-refractivity contribution in [2.45, 2.75) is 51.5 Å². The van der Waals surface area contributed by atoms with Gasteiger partial charge in [0.05, 0.1) is 0 Å². The van der Waals surface area contributed by atoms with Crippen molar-refractivity contribution >= 4 is 11.8 Å². The Hall–Kier alpha value is -2.62. The lowest BCUT2D eigenvalue weighted by Crippen LogP contribution is -2.45. The minimum Gasteiger partial charge on any atom is -0.368 e. The fraction of sp³-hybridized carbons (Fsp3) is 0.364. The van der Waals surface area contributed by atoms with Gasteiger partial charge in [0.2, 0.25) is 11.8 Å². The van der Waals surface area contributed by atoms with E-state index in [2.05, 4.69) is 50.4 Å². The Morgan fingerprint density at radius 3 is 2.12 bits per heavy atom. The van der Waals surface area contributed by atoms with Crippen molar-refractivity contribution in [3.63, 3.8) is 0 Å². The molecule has 1 unspecified atom stereocenters. The number of benzene rings is 2. The first-order valence-corrected chi connectivity index (χ1v) is 8.98. The highest BCUT2D eigenvalue weighted by Gasteiger charge is 2.18. The molecular formula is C22H28N2O2. The first-order valence-electron chi connectivity index (χ1n) is 8.98. The van der Waals surface area contributed by atoms with Gasteiger partial charge < -0.3 is 11.1 Å². The van der Waals surface area contributed by atoms with Crippen LogP contribution in [0.1, 0.15) is 43.9 Å². The zero-order valence-corrected chi connectivity index (χ0v) is 15.8. The van der Waals surface area contributed by atoms with Gasteiger partial charge in [0.1, 0.15) is 6.04 Å². The molecular weight excluding hydrogens is 324 g/mol. The van der Waals surface area contributed by atoms with Gasteiger partial charge in [-0.05, 0) is 28.5 Å². The van der Waals surface area contributed by atoms with Gasteiger partial charge >= 0.3 is 0 Å². The molecule has 0 saturated carbocycles. The first-order chi connectivity index (χ1) is 12.3. The van der Waals surface area contributed by atoms with E-state index in [9.17, 15) is 9.59 Å². The minimum atomic E-state index is -0.687. The molecule has 1 atom stereocenters. The second kappa shape index (κ2) is 8.65. The summed E-state index contributed by atoms with van der Waals surface area (Å²) in [4.78, 5) is 23.9. The Labute approximate surface area is 155 Å².